The van der Waals surface area contributed by atoms with Crippen LogP contribution in [0.2, 0.25) is 0 Å². The van der Waals surface area contributed by atoms with Gasteiger partial charge < -0.3 is 4.74 Å². The Bertz CT molecular complexity index is 695. The maximum atomic E-state index is 13.3. The van der Waals surface area contributed by atoms with Crippen molar-refractivity contribution in [3.8, 4) is 0 Å². The minimum atomic E-state index is -5.10. The first-order chi connectivity index (χ1) is 12.0. The molecule has 0 aromatic heterocycles. The van der Waals surface area contributed by atoms with Crippen molar-refractivity contribution in [2.45, 2.75) is 24.4 Å². The normalized spacial score (nSPS) is 14.4. The third-order valence-electron chi connectivity index (χ3n) is 3.30. The Labute approximate surface area is 157 Å². The number of nitrogens with zero attached hydrogens (tertiary/aromatic N) is 2. The summed E-state index contributed by atoms with van der Waals surface area (Å²) in [5.41, 5.74) is -0.385. The lowest BCUT2D eigenvalue weighted by Gasteiger charge is -2.27. The van der Waals surface area contributed by atoms with Crippen LogP contribution in [0.3, 0.4) is 0 Å². The molecular weight excluding hydrogens is 400 g/mol. The van der Waals surface area contributed by atoms with E-state index in [9.17, 15) is 22.8 Å². The summed E-state index contributed by atoms with van der Waals surface area (Å²) in [6.07, 6.45) is -5.65. The number of hydrogen-bond acceptors (Lipinski definition) is 5. The van der Waals surface area contributed by atoms with E-state index in [4.69, 9.17) is 23.2 Å². The molecule has 0 fully saturated rings. The van der Waals surface area contributed by atoms with Crippen molar-refractivity contribution in [1.82, 2.24) is 0 Å². The van der Waals surface area contributed by atoms with E-state index < -0.39 is 28.7 Å². The van der Waals surface area contributed by atoms with E-state index in [0.717, 1.165) is 36.3 Å². The van der Waals surface area contributed by atoms with E-state index >= 15 is 0 Å². The molecule has 0 saturated carbocycles. The molecule has 1 atom stereocenters. The molecule has 0 spiro atoms. The van der Waals surface area contributed by atoms with Crippen molar-refractivity contribution in [3.63, 3.8) is 0 Å². The fourth-order valence-electron chi connectivity index (χ4n) is 1.77. The fraction of sp³-hybridized carbons (Fsp3) is 0.400. The first kappa shape index (κ1) is 22.0. The molecule has 1 rings (SSSR count). The van der Waals surface area contributed by atoms with Gasteiger partial charge in [0.2, 0.25) is 0 Å². The molecule has 1 unspecified atom stereocenters. The number of carbonyl (C=O) groups is 2. The highest BCUT2D eigenvalue weighted by Gasteiger charge is 2.61. The van der Waals surface area contributed by atoms with E-state index in [0.29, 0.717) is 6.42 Å². The maximum absolute atomic E-state index is 13.3. The number of oxime groups is 1. The summed E-state index contributed by atoms with van der Waals surface area (Å²) in [7, 11) is 2.11. The number of esters is 1. The van der Waals surface area contributed by atoms with Gasteiger partial charge >= 0.3 is 18.2 Å². The van der Waals surface area contributed by atoms with Crippen molar-refractivity contribution < 1.29 is 32.3 Å². The van der Waals surface area contributed by atoms with E-state index in [-0.39, 0.29) is 10.9 Å². The fourth-order valence-corrected chi connectivity index (χ4v) is 2.01. The van der Waals surface area contributed by atoms with Crippen LogP contribution in [0.5, 0.6) is 0 Å². The Kier molecular flexibility index (Phi) is 7.28. The second kappa shape index (κ2) is 8.59. The van der Waals surface area contributed by atoms with Crippen LogP contribution >= 0.6 is 23.2 Å². The standard InChI is InChI=1S/C15H15Cl2F3N2O4/c1-4-11(16)21-26-13(24)22(2)10-7-5-9(6-8-10)14(17,12(23)25-3)15(18,19)20/h5-8H,4H2,1-3H3/b21-11-. The molecule has 0 radical (unpaired) electrons. The van der Waals surface area contributed by atoms with E-state index in [2.05, 4.69) is 14.7 Å². The number of halogens is 5. The number of rotatable bonds is 5. The summed E-state index contributed by atoms with van der Waals surface area (Å²) in [4.78, 5) is 25.6. The van der Waals surface area contributed by atoms with Crippen LogP contribution < -0.4 is 4.90 Å². The molecule has 11 heteroatoms. The first-order valence-corrected chi connectivity index (χ1v) is 7.86. The summed E-state index contributed by atoms with van der Waals surface area (Å²) in [5.74, 6) is -1.67. The number of alkyl halides is 4. The predicted octanol–water partition coefficient (Wildman–Crippen LogP) is 4.39. The van der Waals surface area contributed by atoms with Gasteiger partial charge in [-0.3, -0.25) is 9.74 Å². The lowest BCUT2D eigenvalue weighted by molar-refractivity contribution is -0.189. The van der Waals surface area contributed by atoms with Gasteiger partial charge in [-0.2, -0.15) is 13.2 Å². The summed E-state index contributed by atoms with van der Waals surface area (Å²) >= 11 is 11.2. The summed E-state index contributed by atoms with van der Waals surface area (Å²) < 4.78 is 44.0. The summed E-state index contributed by atoms with van der Waals surface area (Å²) in [5, 5.41) is 3.44. The van der Waals surface area contributed by atoms with Gasteiger partial charge in [0.05, 0.1) is 7.11 Å². The molecule has 6 nitrogen and oxygen atoms in total. The van der Waals surface area contributed by atoms with Crippen molar-refractivity contribution in [2.75, 3.05) is 19.1 Å². The summed E-state index contributed by atoms with van der Waals surface area (Å²) in [6, 6.07) is 4.23. The Morgan fingerprint density at radius 2 is 1.77 bits per heavy atom. The molecular formula is C15H15Cl2F3N2O4. The molecule has 0 aliphatic carbocycles. The lowest BCUT2D eigenvalue weighted by atomic mass is 9.97. The largest absolute Gasteiger partial charge is 0.467 e. The van der Waals surface area contributed by atoms with Gasteiger partial charge in [0.1, 0.15) is 5.17 Å². The highest BCUT2D eigenvalue weighted by Crippen LogP contribution is 2.46. The Morgan fingerprint density at radius 3 is 2.19 bits per heavy atom. The molecule has 0 aliphatic heterocycles. The smallest absolute Gasteiger partial charge is 0.440 e. The SMILES string of the molecule is CC/C(Cl)=N/OC(=O)N(C)c1ccc(C(Cl)(C(=O)OC)C(F)(F)F)cc1. The lowest BCUT2D eigenvalue weighted by Crippen LogP contribution is -2.45. The van der Waals surface area contributed by atoms with E-state index in [1.54, 1.807) is 6.92 Å². The number of amides is 1. The van der Waals surface area contributed by atoms with Crippen molar-refractivity contribution in [2.24, 2.45) is 5.16 Å². The Hall–Kier alpha value is -2.00. The van der Waals surface area contributed by atoms with Crippen LogP contribution in [0.25, 0.3) is 0 Å². The Morgan fingerprint density at radius 1 is 1.23 bits per heavy atom. The van der Waals surface area contributed by atoms with Crippen LogP contribution in [0.4, 0.5) is 23.7 Å². The monoisotopic (exact) mass is 414 g/mol. The zero-order valence-corrected chi connectivity index (χ0v) is 15.4. The highest BCUT2D eigenvalue weighted by molar-refractivity contribution is 6.65. The van der Waals surface area contributed by atoms with Crippen molar-refractivity contribution >= 4 is 46.1 Å². The molecule has 26 heavy (non-hydrogen) atoms. The van der Waals surface area contributed by atoms with Crippen LogP contribution in [0, 0.1) is 0 Å². The van der Waals surface area contributed by atoms with Crippen molar-refractivity contribution in [1.29, 1.82) is 0 Å². The number of carbonyl (C=O) groups excluding carboxylic acids is 2. The molecule has 1 amide bonds. The first-order valence-electron chi connectivity index (χ1n) is 7.10. The number of methoxy groups -OCH3 is 1. The molecule has 1 aromatic carbocycles. The zero-order valence-electron chi connectivity index (χ0n) is 13.9. The topological polar surface area (TPSA) is 68.2 Å². The average molecular weight is 415 g/mol. The zero-order chi connectivity index (χ0) is 20.1. The van der Waals surface area contributed by atoms with Gasteiger partial charge in [0, 0.05) is 19.2 Å². The number of anilines is 1. The second-order valence-corrected chi connectivity index (χ2v) is 5.94. The van der Waals surface area contributed by atoms with Gasteiger partial charge in [-0.15, -0.1) is 0 Å². The van der Waals surface area contributed by atoms with Gasteiger partial charge in [0.15, 0.2) is 0 Å². The molecule has 0 heterocycles. The molecule has 0 saturated heterocycles. The van der Waals surface area contributed by atoms with Gasteiger partial charge in [-0.25, -0.2) is 9.59 Å². The molecule has 0 N–H and O–H groups in total. The Balaban J connectivity index is 3.10. The van der Waals surface area contributed by atoms with Crippen LogP contribution in [-0.4, -0.2) is 37.6 Å². The second-order valence-electron chi connectivity index (χ2n) is 4.93. The van der Waals surface area contributed by atoms with E-state index in [1.807, 2.05) is 0 Å². The van der Waals surface area contributed by atoms with Crippen LogP contribution in [0.15, 0.2) is 29.4 Å². The summed E-state index contributed by atoms with van der Waals surface area (Å²) in [6.45, 7) is 1.70. The van der Waals surface area contributed by atoms with Gasteiger partial charge in [-0.05, 0) is 17.7 Å². The number of benzene rings is 1. The van der Waals surface area contributed by atoms with Crippen LogP contribution in [0.1, 0.15) is 18.9 Å². The van der Waals surface area contributed by atoms with Crippen LogP contribution in [-0.2, 0) is 19.2 Å². The minimum absolute atomic E-state index is 0.0669. The molecule has 0 bridgehead atoms. The molecule has 1 aromatic rings. The molecule has 144 valence electrons. The number of hydrogen-bond donors (Lipinski definition) is 0. The predicted molar refractivity (Wildman–Crippen MR) is 90.5 cm³/mol. The third-order valence-corrected chi connectivity index (χ3v) is 4.22. The minimum Gasteiger partial charge on any atom is -0.467 e. The quantitative estimate of drug-likeness (QED) is 0.235. The van der Waals surface area contributed by atoms with Gasteiger partial charge in [-0.1, -0.05) is 47.4 Å². The number of ether oxygens (including phenoxy) is 1. The maximum Gasteiger partial charge on any atom is 0.440 e. The average Bonchev–Trinajstić information content (AvgIpc) is 2.62. The van der Waals surface area contributed by atoms with Crippen molar-refractivity contribution in [3.05, 3.63) is 29.8 Å². The highest BCUT2D eigenvalue weighted by atomic mass is 35.5. The molecule has 0 aliphatic rings. The third kappa shape index (κ3) is 4.59. The van der Waals surface area contributed by atoms with E-state index in [1.165, 1.54) is 7.05 Å². The van der Waals surface area contributed by atoms with Gasteiger partial charge in [0.25, 0.3) is 4.87 Å².